The monoisotopic (exact) mass is 385 g/mol. The Hall–Kier alpha value is -3.53. The summed E-state index contributed by atoms with van der Waals surface area (Å²) in [6.07, 6.45) is 0.721. The second kappa shape index (κ2) is 8.23. The van der Waals surface area contributed by atoms with Crippen LogP contribution in [0.4, 0.5) is 0 Å². The molecule has 3 aromatic rings. The van der Waals surface area contributed by atoms with Crippen LogP contribution in [0.2, 0.25) is 0 Å². The Labute approximate surface area is 170 Å². The molecule has 0 radical (unpaired) electrons. The molecule has 146 valence electrons. The second-order valence-electron chi connectivity index (χ2n) is 7.04. The molecule has 1 aliphatic heterocycles. The van der Waals surface area contributed by atoms with E-state index >= 15 is 0 Å². The SMILES string of the molecule is COc1ccc(C2=C(O)C(=O)N(CCc3ccccc3)[C@H]2c2ccccc2)cc1. The molecule has 0 bridgehead atoms. The summed E-state index contributed by atoms with van der Waals surface area (Å²) < 4.78 is 5.24. The van der Waals surface area contributed by atoms with Crippen molar-refractivity contribution in [1.29, 1.82) is 0 Å². The van der Waals surface area contributed by atoms with Crippen LogP contribution in [0, 0.1) is 0 Å². The van der Waals surface area contributed by atoms with Crippen molar-refractivity contribution in [3.05, 3.63) is 107 Å². The molecule has 4 nitrogen and oxygen atoms in total. The number of rotatable bonds is 6. The van der Waals surface area contributed by atoms with Crippen molar-refractivity contribution >= 4 is 11.5 Å². The third-order valence-electron chi connectivity index (χ3n) is 5.30. The van der Waals surface area contributed by atoms with Crippen LogP contribution in [-0.2, 0) is 11.2 Å². The Bertz CT molecular complexity index is 1010. The molecule has 0 unspecified atom stereocenters. The topological polar surface area (TPSA) is 49.8 Å². The van der Waals surface area contributed by atoms with E-state index in [1.165, 1.54) is 0 Å². The van der Waals surface area contributed by atoms with Gasteiger partial charge >= 0.3 is 0 Å². The normalized spacial score (nSPS) is 16.4. The lowest BCUT2D eigenvalue weighted by atomic mass is 9.93. The molecule has 0 saturated heterocycles. The fraction of sp³-hybridized carbons (Fsp3) is 0.160. The van der Waals surface area contributed by atoms with Crippen LogP contribution >= 0.6 is 0 Å². The first-order chi connectivity index (χ1) is 14.2. The van der Waals surface area contributed by atoms with E-state index in [1.54, 1.807) is 12.0 Å². The summed E-state index contributed by atoms with van der Waals surface area (Å²) in [6.45, 7) is 0.520. The maximum absolute atomic E-state index is 13.0. The van der Waals surface area contributed by atoms with Crippen molar-refractivity contribution in [2.24, 2.45) is 0 Å². The average molecular weight is 385 g/mol. The highest BCUT2D eigenvalue weighted by Crippen LogP contribution is 2.43. The predicted octanol–water partition coefficient (Wildman–Crippen LogP) is 4.79. The zero-order valence-corrected chi connectivity index (χ0v) is 16.3. The number of hydrogen-bond acceptors (Lipinski definition) is 3. The Morgan fingerprint density at radius 2 is 1.52 bits per heavy atom. The highest BCUT2D eigenvalue weighted by molar-refractivity contribution is 6.05. The largest absolute Gasteiger partial charge is 0.503 e. The molecular weight excluding hydrogens is 362 g/mol. The Morgan fingerprint density at radius 3 is 2.14 bits per heavy atom. The van der Waals surface area contributed by atoms with Gasteiger partial charge in [0.15, 0.2) is 5.76 Å². The number of nitrogens with zero attached hydrogens (tertiary/aromatic N) is 1. The second-order valence-corrected chi connectivity index (χ2v) is 7.04. The smallest absolute Gasteiger partial charge is 0.289 e. The van der Waals surface area contributed by atoms with Crippen LogP contribution in [0.1, 0.15) is 22.7 Å². The van der Waals surface area contributed by atoms with Crippen molar-refractivity contribution in [2.75, 3.05) is 13.7 Å². The van der Waals surface area contributed by atoms with Crippen LogP contribution in [0.15, 0.2) is 90.7 Å². The number of carbonyl (C=O) groups excluding carboxylic acids is 1. The minimum absolute atomic E-state index is 0.183. The molecule has 4 heteroatoms. The molecule has 3 aromatic carbocycles. The van der Waals surface area contributed by atoms with Gasteiger partial charge in [-0.15, -0.1) is 0 Å². The summed E-state index contributed by atoms with van der Waals surface area (Å²) in [5.74, 6) is 0.216. The molecule has 29 heavy (non-hydrogen) atoms. The Morgan fingerprint density at radius 1 is 0.897 bits per heavy atom. The van der Waals surface area contributed by atoms with Gasteiger partial charge < -0.3 is 14.7 Å². The molecule has 1 N–H and O–H groups in total. The molecule has 0 aliphatic carbocycles. The number of methoxy groups -OCH3 is 1. The van der Waals surface area contributed by atoms with Gasteiger partial charge in [-0.05, 0) is 35.2 Å². The van der Waals surface area contributed by atoms with E-state index in [0.717, 1.165) is 28.9 Å². The van der Waals surface area contributed by atoms with E-state index in [-0.39, 0.29) is 17.7 Å². The number of amides is 1. The summed E-state index contributed by atoms with van der Waals surface area (Å²) in [5.41, 5.74) is 3.58. The fourth-order valence-electron chi connectivity index (χ4n) is 3.83. The molecular formula is C25H23NO3. The van der Waals surface area contributed by atoms with Crippen molar-refractivity contribution < 1.29 is 14.6 Å². The first-order valence-corrected chi connectivity index (χ1v) is 9.66. The van der Waals surface area contributed by atoms with E-state index in [4.69, 9.17) is 4.74 Å². The van der Waals surface area contributed by atoms with Gasteiger partial charge in [-0.1, -0.05) is 72.8 Å². The van der Waals surface area contributed by atoms with Gasteiger partial charge in [-0.3, -0.25) is 4.79 Å². The van der Waals surface area contributed by atoms with Crippen LogP contribution < -0.4 is 4.74 Å². The minimum Gasteiger partial charge on any atom is -0.503 e. The highest BCUT2D eigenvalue weighted by atomic mass is 16.5. The van der Waals surface area contributed by atoms with Gasteiger partial charge in [0.05, 0.1) is 13.2 Å². The van der Waals surface area contributed by atoms with E-state index in [9.17, 15) is 9.90 Å². The van der Waals surface area contributed by atoms with Crippen LogP contribution in [0.25, 0.3) is 5.57 Å². The average Bonchev–Trinajstić information content (AvgIpc) is 3.04. The number of ether oxygens (including phenoxy) is 1. The third kappa shape index (κ3) is 3.74. The summed E-state index contributed by atoms with van der Waals surface area (Å²) in [7, 11) is 1.61. The van der Waals surface area contributed by atoms with E-state index in [1.807, 2.05) is 72.8 Å². The third-order valence-corrected chi connectivity index (χ3v) is 5.30. The maximum atomic E-state index is 13.0. The lowest BCUT2D eigenvalue weighted by Gasteiger charge is -2.27. The van der Waals surface area contributed by atoms with E-state index < -0.39 is 0 Å². The summed E-state index contributed by atoms with van der Waals surface area (Å²) in [6, 6.07) is 27.0. The van der Waals surface area contributed by atoms with Crippen molar-refractivity contribution in [3.8, 4) is 5.75 Å². The molecule has 0 fully saturated rings. The van der Waals surface area contributed by atoms with Gasteiger partial charge in [-0.25, -0.2) is 0 Å². The molecule has 1 amide bonds. The number of aliphatic hydroxyl groups excluding tert-OH is 1. The summed E-state index contributed by atoms with van der Waals surface area (Å²) >= 11 is 0. The fourth-order valence-corrected chi connectivity index (χ4v) is 3.83. The summed E-state index contributed by atoms with van der Waals surface area (Å²) in [5, 5.41) is 10.8. The van der Waals surface area contributed by atoms with Crippen LogP contribution in [-0.4, -0.2) is 29.6 Å². The molecule has 0 saturated carbocycles. The minimum atomic E-state index is -0.333. The van der Waals surface area contributed by atoms with Gasteiger partial charge in [0.2, 0.25) is 0 Å². The first-order valence-electron chi connectivity index (χ1n) is 9.66. The lowest BCUT2D eigenvalue weighted by molar-refractivity contribution is -0.129. The number of hydrogen-bond donors (Lipinski definition) is 1. The van der Waals surface area contributed by atoms with Crippen LogP contribution in [0.5, 0.6) is 5.75 Å². The first kappa shape index (κ1) is 18.8. The molecule has 1 heterocycles. The Kier molecular flexibility index (Phi) is 5.34. The zero-order valence-electron chi connectivity index (χ0n) is 16.3. The molecule has 0 aromatic heterocycles. The molecule has 4 rings (SSSR count). The van der Waals surface area contributed by atoms with Crippen molar-refractivity contribution in [1.82, 2.24) is 4.90 Å². The number of benzene rings is 3. The predicted molar refractivity (Wildman–Crippen MR) is 114 cm³/mol. The Balaban J connectivity index is 1.71. The van der Waals surface area contributed by atoms with Gasteiger partial charge in [0.25, 0.3) is 5.91 Å². The zero-order chi connectivity index (χ0) is 20.2. The lowest BCUT2D eigenvalue weighted by Crippen LogP contribution is -2.32. The van der Waals surface area contributed by atoms with Crippen molar-refractivity contribution in [3.63, 3.8) is 0 Å². The number of carbonyl (C=O) groups is 1. The van der Waals surface area contributed by atoms with Gasteiger partial charge in [-0.2, -0.15) is 0 Å². The van der Waals surface area contributed by atoms with Gasteiger partial charge in [0, 0.05) is 12.1 Å². The maximum Gasteiger partial charge on any atom is 0.289 e. The molecule has 1 aliphatic rings. The van der Waals surface area contributed by atoms with E-state index in [2.05, 4.69) is 12.1 Å². The quantitative estimate of drug-likeness (QED) is 0.664. The van der Waals surface area contributed by atoms with Crippen LogP contribution in [0.3, 0.4) is 0 Å². The molecule has 1 atom stereocenters. The standard InChI is InChI=1S/C25H23NO3/c1-29-21-14-12-19(13-15-21)22-23(20-10-6-3-7-11-20)26(25(28)24(22)27)17-16-18-8-4-2-5-9-18/h2-15,23,27H,16-17H2,1H3/t23-/m0/s1. The molecule has 0 spiro atoms. The van der Waals surface area contributed by atoms with Crippen molar-refractivity contribution in [2.45, 2.75) is 12.5 Å². The number of aliphatic hydroxyl groups is 1. The highest BCUT2D eigenvalue weighted by Gasteiger charge is 2.40. The van der Waals surface area contributed by atoms with E-state index in [0.29, 0.717) is 12.1 Å². The van der Waals surface area contributed by atoms with Gasteiger partial charge in [0.1, 0.15) is 5.75 Å². The summed E-state index contributed by atoms with van der Waals surface area (Å²) in [4.78, 5) is 14.8.